The Labute approximate surface area is 116 Å². The first kappa shape index (κ1) is 14.4. The topological polar surface area (TPSA) is 24.5 Å². The molecule has 1 unspecified atom stereocenters. The van der Waals surface area contributed by atoms with Crippen LogP contribution in [0.25, 0.3) is 0 Å². The molecule has 0 saturated carbocycles. The predicted molar refractivity (Wildman–Crippen MR) is 79.8 cm³/mol. The maximum absolute atomic E-state index is 5.74. The molecule has 1 aromatic carbocycles. The minimum Gasteiger partial charge on any atom is -0.492 e. The van der Waals surface area contributed by atoms with Gasteiger partial charge in [-0.05, 0) is 51.4 Å². The van der Waals surface area contributed by atoms with Crippen LogP contribution in [0.3, 0.4) is 0 Å². The molecule has 0 spiro atoms. The summed E-state index contributed by atoms with van der Waals surface area (Å²) in [5, 5.41) is 3.58. The second-order valence-electron chi connectivity index (χ2n) is 5.69. The third-order valence-electron chi connectivity index (χ3n) is 3.74. The third kappa shape index (κ3) is 4.51. The van der Waals surface area contributed by atoms with Crippen LogP contribution < -0.4 is 10.1 Å². The second kappa shape index (κ2) is 6.92. The van der Waals surface area contributed by atoms with Crippen LogP contribution in [0.5, 0.6) is 5.75 Å². The number of aryl methyl sites for hydroxylation is 1. The highest BCUT2D eigenvalue weighted by molar-refractivity contribution is 5.27. The first-order valence-corrected chi connectivity index (χ1v) is 7.32. The van der Waals surface area contributed by atoms with E-state index in [1.807, 2.05) is 12.1 Å². The lowest BCUT2D eigenvalue weighted by molar-refractivity contribution is 0.263. The summed E-state index contributed by atoms with van der Waals surface area (Å²) in [6.45, 7) is 10.7. The van der Waals surface area contributed by atoms with E-state index in [0.29, 0.717) is 12.1 Å². The van der Waals surface area contributed by atoms with Crippen LogP contribution in [-0.4, -0.2) is 43.2 Å². The predicted octanol–water partition coefficient (Wildman–Crippen LogP) is 2.45. The lowest BCUT2D eigenvalue weighted by atomic mass is 10.2. The van der Waals surface area contributed by atoms with Crippen molar-refractivity contribution in [2.45, 2.75) is 39.3 Å². The largest absolute Gasteiger partial charge is 0.492 e. The van der Waals surface area contributed by atoms with Crippen LogP contribution in [0, 0.1) is 6.92 Å². The summed E-state index contributed by atoms with van der Waals surface area (Å²) in [6, 6.07) is 9.51. The van der Waals surface area contributed by atoms with Gasteiger partial charge in [0.05, 0.1) is 0 Å². The van der Waals surface area contributed by atoms with Gasteiger partial charge in [0, 0.05) is 25.2 Å². The van der Waals surface area contributed by atoms with Crippen LogP contribution in [0.4, 0.5) is 0 Å². The van der Waals surface area contributed by atoms with Gasteiger partial charge < -0.3 is 10.1 Å². The van der Waals surface area contributed by atoms with Crippen molar-refractivity contribution in [3.05, 3.63) is 29.8 Å². The van der Waals surface area contributed by atoms with Gasteiger partial charge in [-0.3, -0.25) is 4.90 Å². The van der Waals surface area contributed by atoms with Crippen LogP contribution >= 0.6 is 0 Å². The Bertz CT molecular complexity index is 392. The Morgan fingerprint density at radius 2 is 2.26 bits per heavy atom. The van der Waals surface area contributed by atoms with Gasteiger partial charge in [-0.15, -0.1) is 0 Å². The van der Waals surface area contributed by atoms with Gasteiger partial charge >= 0.3 is 0 Å². The molecule has 0 radical (unpaired) electrons. The molecule has 3 nitrogen and oxygen atoms in total. The number of rotatable bonds is 6. The van der Waals surface area contributed by atoms with E-state index in [2.05, 4.69) is 43.1 Å². The molecule has 106 valence electrons. The molecule has 0 aromatic heterocycles. The number of hydrogen-bond donors (Lipinski definition) is 1. The normalized spacial score (nSPS) is 20.1. The van der Waals surface area contributed by atoms with Gasteiger partial charge in [-0.1, -0.05) is 12.1 Å². The number of ether oxygens (including phenoxy) is 1. The van der Waals surface area contributed by atoms with E-state index >= 15 is 0 Å². The quantitative estimate of drug-likeness (QED) is 0.797. The molecule has 0 amide bonds. The molecule has 1 aliphatic rings. The summed E-state index contributed by atoms with van der Waals surface area (Å²) in [4.78, 5) is 2.53. The average molecular weight is 262 g/mol. The minimum absolute atomic E-state index is 0.628. The van der Waals surface area contributed by atoms with Gasteiger partial charge in [0.2, 0.25) is 0 Å². The van der Waals surface area contributed by atoms with Crippen molar-refractivity contribution in [1.82, 2.24) is 10.2 Å². The number of hydrogen-bond acceptors (Lipinski definition) is 3. The summed E-state index contributed by atoms with van der Waals surface area (Å²) >= 11 is 0. The van der Waals surface area contributed by atoms with Crippen molar-refractivity contribution in [3.8, 4) is 5.75 Å². The van der Waals surface area contributed by atoms with Crippen LogP contribution in [-0.2, 0) is 0 Å². The molecular formula is C16H26N2O. The first-order chi connectivity index (χ1) is 9.15. The standard InChI is InChI=1S/C16H26N2O/c1-13(2)18-9-7-15(12-18)17-8-10-19-16-6-4-5-14(3)11-16/h4-6,11,13,15,17H,7-10,12H2,1-3H3. The summed E-state index contributed by atoms with van der Waals surface area (Å²) in [6.07, 6.45) is 1.25. The van der Waals surface area contributed by atoms with Gasteiger partial charge in [0.25, 0.3) is 0 Å². The molecule has 1 fully saturated rings. The zero-order valence-corrected chi connectivity index (χ0v) is 12.4. The first-order valence-electron chi connectivity index (χ1n) is 7.32. The van der Waals surface area contributed by atoms with Crippen LogP contribution in [0.1, 0.15) is 25.8 Å². The fourth-order valence-electron chi connectivity index (χ4n) is 2.56. The Morgan fingerprint density at radius 1 is 1.42 bits per heavy atom. The molecule has 0 bridgehead atoms. The molecule has 0 aliphatic carbocycles. The Morgan fingerprint density at radius 3 is 2.95 bits per heavy atom. The van der Waals surface area contributed by atoms with Gasteiger partial charge in [0.1, 0.15) is 12.4 Å². The molecule has 19 heavy (non-hydrogen) atoms. The highest BCUT2D eigenvalue weighted by Gasteiger charge is 2.23. The Kier molecular flexibility index (Phi) is 5.23. The van der Waals surface area contributed by atoms with Crippen LogP contribution in [0.2, 0.25) is 0 Å². The fraction of sp³-hybridized carbons (Fsp3) is 0.625. The summed E-state index contributed by atoms with van der Waals surface area (Å²) < 4.78 is 5.74. The number of likely N-dealkylation sites (tertiary alicyclic amines) is 1. The molecule has 2 rings (SSSR count). The van der Waals surface area contributed by atoms with Crippen molar-refractivity contribution in [2.75, 3.05) is 26.2 Å². The van der Waals surface area contributed by atoms with Crippen molar-refractivity contribution in [3.63, 3.8) is 0 Å². The lowest BCUT2D eigenvalue weighted by Crippen LogP contribution is -2.36. The van der Waals surface area contributed by atoms with E-state index in [-0.39, 0.29) is 0 Å². The number of benzene rings is 1. The summed E-state index contributed by atoms with van der Waals surface area (Å²) in [5.41, 5.74) is 1.24. The van der Waals surface area contributed by atoms with Crippen LogP contribution in [0.15, 0.2) is 24.3 Å². The molecule has 1 N–H and O–H groups in total. The van der Waals surface area contributed by atoms with Gasteiger partial charge in [-0.2, -0.15) is 0 Å². The van der Waals surface area contributed by atoms with E-state index in [4.69, 9.17) is 4.74 Å². The average Bonchev–Trinajstić information content (AvgIpc) is 2.84. The fourth-order valence-corrected chi connectivity index (χ4v) is 2.56. The smallest absolute Gasteiger partial charge is 0.119 e. The lowest BCUT2D eigenvalue weighted by Gasteiger charge is -2.20. The Hall–Kier alpha value is -1.06. The van der Waals surface area contributed by atoms with Crippen molar-refractivity contribution >= 4 is 0 Å². The highest BCUT2D eigenvalue weighted by Crippen LogP contribution is 2.13. The Balaban J connectivity index is 1.62. The molecule has 1 saturated heterocycles. The van der Waals surface area contributed by atoms with Gasteiger partial charge in [-0.25, -0.2) is 0 Å². The zero-order valence-electron chi connectivity index (χ0n) is 12.4. The van der Waals surface area contributed by atoms with Crippen molar-refractivity contribution in [1.29, 1.82) is 0 Å². The zero-order chi connectivity index (χ0) is 13.7. The molecular weight excluding hydrogens is 236 g/mol. The summed E-state index contributed by atoms with van der Waals surface area (Å²) in [5.74, 6) is 0.969. The molecule has 1 aromatic rings. The number of nitrogens with zero attached hydrogens (tertiary/aromatic N) is 1. The number of nitrogens with one attached hydrogen (secondary N) is 1. The van der Waals surface area contributed by atoms with E-state index in [1.54, 1.807) is 0 Å². The van der Waals surface area contributed by atoms with E-state index < -0.39 is 0 Å². The minimum atomic E-state index is 0.628. The molecule has 1 heterocycles. The van der Waals surface area contributed by atoms with Crippen molar-refractivity contribution < 1.29 is 4.74 Å². The molecule has 1 atom stereocenters. The molecule has 3 heteroatoms. The third-order valence-corrected chi connectivity index (χ3v) is 3.74. The maximum Gasteiger partial charge on any atom is 0.119 e. The summed E-state index contributed by atoms with van der Waals surface area (Å²) in [7, 11) is 0. The van der Waals surface area contributed by atoms with E-state index in [1.165, 1.54) is 25.1 Å². The van der Waals surface area contributed by atoms with Crippen molar-refractivity contribution in [2.24, 2.45) is 0 Å². The highest BCUT2D eigenvalue weighted by atomic mass is 16.5. The second-order valence-corrected chi connectivity index (χ2v) is 5.69. The SMILES string of the molecule is Cc1cccc(OCCNC2CCN(C(C)C)C2)c1. The molecule has 1 aliphatic heterocycles. The van der Waals surface area contributed by atoms with E-state index in [0.717, 1.165) is 18.9 Å². The van der Waals surface area contributed by atoms with Gasteiger partial charge in [0.15, 0.2) is 0 Å². The maximum atomic E-state index is 5.74. The van der Waals surface area contributed by atoms with E-state index in [9.17, 15) is 0 Å². The monoisotopic (exact) mass is 262 g/mol.